The van der Waals surface area contributed by atoms with E-state index in [1.54, 1.807) is 11.3 Å². The molecule has 4 nitrogen and oxygen atoms in total. The summed E-state index contributed by atoms with van der Waals surface area (Å²) >= 11 is 1.72. The number of anilines is 1. The Balaban J connectivity index is 1.58. The van der Waals surface area contributed by atoms with Crippen LogP contribution in [0.5, 0.6) is 0 Å². The van der Waals surface area contributed by atoms with Crippen LogP contribution < -0.4 is 4.90 Å². The number of likely N-dealkylation sites (tertiary alicyclic amines) is 1. The Hall–Kier alpha value is -1.72. The normalized spacial score (nSPS) is 17.4. The lowest BCUT2D eigenvalue weighted by Gasteiger charge is -2.23. The monoisotopic (exact) mass is 355 g/mol. The first-order valence-electron chi connectivity index (χ1n) is 9.35. The molecule has 1 aliphatic heterocycles. The molecule has 0 bridgehead atoms. The van der Waals surface area contributed by atoms with Gasteiger partial charge >= 0.3 is 0 Å². The highest BCUT2D eigenvalue weighted by molar-refractivity contribution is 7.15. The van der Waals surface area contributed by atoms with Gasteiger partial charge in [-0.15, -0.1) is 11.3 Å². The van der Waals surface area contributed by atoms with Gasteiger partial charge in [0.15, 0.2) is 5.13 Å². The molecule has 1 aliphatic carbocycles. The fraction of sp³-hybridized carbons (Fsp3) is 0.500. The molecule has 2 aliphatic rings. The van der Waals surface area contributed by atoms with Crippen molar-refractivity contribution in [1.29, 1.82) is 0 Å². The maximum absolute atomic E-state index is 13.1. The number of aromatic nitrogens is 1. The average molecular weight is 356 g/mol. The van der Waals surface area contributed by atoms with Crippen LogP contribution in [0.4, 0.5) is 5.13 Å². The molecule has 1 amide bonds. The summed E-state index contributed by atoms with van der Waals surface area (Å²) in [4.78, 5) is 23.5. The Kier molecular flexibility index (Phi) is 5.13. The maximum Gasteiger partial charge on any atom is 0.243 e. The molecule has 4 rings (SSSR count). The third-order valence-corrected chi connectivity index (χ3v) is 6.29. The minimum atomic E-state index is 0.178. The summed E-state index contributed by atoms with van der Waals surface area (Å²) < 4.78 is 0. The van der Waals surface area contributed by atoms with Crippen molar-refractivity contribution >= 4 is 22.4 Å². The summed E-state index contributed by atoms with van der Waals surface area (Å²) in [6.45, 7) is 3.20. The zero-order valence-corrected chi connectivity index (χ0v) is 15.4. The maximum atomic E-state index is 13.1. The topological polar surface area (TPSA) is 36.4 Å². The van der Waals surface area contributed by atoms with E-state index in [0.29, 0.717) is 13.1 Å². The van der Waals surface area contributed by atoms with E-state index in [2.05, 4.69) is 17.0 Å². The van der Waals surface area contributed by atoms with Gasteiger partial charge in [-0.25, -0.2) is 4.98 Å². The SMILES string of the molecule is O=C(CN1CCCC1)N(Cc1ccccc1)c1nc2c(s1)CCCC2. The van der Waals surface area contributed by atoms with Gasteiger partial charge in [0.1, 0.15) is 0 Å². The zero-order valence-electron chi connectivity index (χ0n) is 14.6. The second-order valence-corrected chi connectivity index (χ2v) is 8.08. The van der Waals surface area contributed by atoms with Crippen LogP contribution in [0, 0.1) is 0 Å². The number of benzene rings is 1. The third kappa shape index (κ3) is 3.93. The second kappa shape index (κ2) is 7.67. The smallest absolute Gasteiger partial charge is 0.243 e. The highest BCUT2D eigenvalue weighted by Crippen LogP contribution is 2.32. The van der Waals surface area contributed by atoms with E-state index in [4.69, 9.17) is 4.98 Å². The molecule has 1 fully saturated rings. The highest BCUT2D eigenvalue weighted by Gasteiger charge is 2.25. The predicted octanol–water partition coefficient (Wildman–Crippen LogP) is 3.65. The first-order chi connectivity index (χ1) is 12.3. The lowest BCUT2D eigenvalue weighted by atomic mass is 10.0. The molecule has 1 saturated heterocycles. The molecular formula is C20H25N3OS. The molecule has 0 atom stereocenters. The number of carbonyl (C=O) groups is 1. The van der Waals surface area contributed by atoms with Crippen LogP contribution in [-0.4, -0.2) is 35.4 Å². The van der Waals surface area contributed by atoms with Gasteiger partial charge in [0.05, 0.1) is 18.8 Å². The van der Waals surface area contributed by atoms with Gasteiger partial charge in [0.2, 0.25) is 5.91 Å². The largest absolute Gasteiger partial charge is 0.294 e. The third-order valence-electron chi connectivity index (χ3n) is 5.11. The van der Waals surface area contributed by atoms with Gasteiger partial charge in [0.25, 0.3) is 0 Å². The van der Waals surface area contributed by atoms with Crippen LogP contribution in [-0.2, 0) is 24.2 Å². The molecule has 5 heteroatoms. The van der Waals surface area contributed by atoms with Crippen molar-refractivity contribution in [2.45, 2.75) is 45.1 Å². The van der Waals surface area contributed by atoms with Crippen molar-refractivity contribution in [2.24, 2.45) is 0 Å². The van der Waals surface area contributed by atoms with Gasteiger partial charge in [-0.3, -0.25) is 14.6 Å². The van der Waals surface area contributed by atoms with E-state index in [9.17, 15) is 4.79 Å². The van der Waals surface area contributed by atoms with Gasteiger partial charge in [0, 0.05) is 4.88 Å². The number of amides is 1. The van der Waals surface area contributed by atoms with E-state index in [0.717, 1.165) is 36.6 Å². The quantitative estimate of drug-likeness (QED) is 0.821. The standard InChI is InChI=1S/C20H25N3OS/c24-19(15-22-12-6-7-13-22)23(14-16-8-2-1-3-9-16)20-21-17-10-4-5-11-18(17)25-20/h1-3,8-9H,4-7,10-15H2. The lowest BCUT2D eigenvalue weighted by molar-refractivity contribution is -0.119. The summed E-state index contributed by atoms with van der Waals surface area (Å²) in [6, 6.07) is 10.3. The predicted molar refractivity (Wildman–Crippen MR) is 102 cm³/mol. The summed E-state index contributed by atoms with van der Waals surface area (Å²) in [5.74, 6) is 0.178. The molecule has 1 aromatic heterocycles. The van der Waals surface area contributed by atoms with Gasteiger partial charge < -0.3 is 0 Å². The van der Waals surface area contributed by atoms with E-state index in [-0.39, 0.29) is 5.91 Å². The Labute approximate surface area is 153 Å². The van der Waals surface area contributed by atoms with Gasteiger partial charge in [-0.2, -0.15) is 0 Å². The summed E-state index contributed by atoms with van der Waals surface area (Å²) in [7, 11) is 0. The van der Waals surface area contributed by atoms with Crippen molar-refractivity contribution in [3.05, 3.63) is 46.5 Å². The molecular weight excluding hydrogens is 330 g/mol. The van der Waals surface area contributed by atoms with Crippen molar-refractivity contribution in [3.63, 3.8) is 0 Å². The minimum Gasteiger partial charge on any atom is -0.294 e. The summed E-state index contributed by atoms with van der Waals surface area (Å²) in [6.07, 6.45) is 7.05. The number of thiazole rings is 1. The zero-order chi connectivity index (χ0) is 17.1. The molecule has 0 unspecified atom stereocenters. The van der Waals surface area contributed by atoms with Crippen molar-refractivity contribution < 1.29 is 4.79 Å². The highest BCUT2D eigenvalue weighted by atomic mass is 32.1. The Morgan fingerprint density at radius 3 is 2.60 bits per heavy atom. The molecule has 25 heavy (non-hydrogen) atoms. The van der Waals surface area contributed by atoms with Crippen molar-refractivity contribution in [2.75, 3.05) is 24.5 Å². The van der Waals surface area contributed by atoms with E-state index < -0.39 is 0 Å². The number of hydrogen-bond acceptors (Lipinski definition) is 4. The summed E-state index contributed by atoms with van der Waals surface area (Å²) in [5.41, 5.74) is 2.38. The number of carbonyl (C=O) groups excluding carboxylic acids is 1. The van der Waals surface area contributed by atoms with Gasteiger partial charge in [-0.05, 0) is 57.2 Å². The van der Waals surface area contributed by atoms with Crippen LogP contribution >= 0.6 is 11.3 Å². The molecule has 0 N–H and O–H groups in total. The summed E-state index contributed by atoms with van der Waals surface area (Å²) in [5, 5.41) is 0.889. The number of hydrogen-bond donors (Lipinski definition) is 0. The Bertz CT molecular complexity index is 698. The van der Waals surface area contributed by atoms with E-state index >= 15 is 0 Å². The number of fused-ring (bicyclic) bond motifs is 1. The molecule has 1 aromatic carbocycles. The minimum absolute atomic E-state index is 0.178. The van der Waals surface area contributed by atoms with Crippen molar-refractivity contribution in [1.82, 2.24) is 9.88 Å². The molecule has 2 heterocycles. The van der Waals surface area contributed by atoms with Crippen LogP contribution in [0.2, 0.25) is 0 Å². The molecule has 0 radical (unpaired) electrons. The van der Waals surface area contributed by atoms with Crippen LogP contribution in [0.1, 0.15) is 41.8 Å². The fourth-order valence-electron chi connectivity index (χ4n) is 3.70. The van der Waals surface area contributed by atoms with Crippen molar-refractivity contribution in [3.8, 4) is 0 Å². The Morgan fingerprint density at radius 2 is 1.84 bits per heavy atom. The fourth-order valence-corrected chi connectivity index (χ4v) is 4.86. The van der Waals surface area contributed by atoms with Crippen LogP contribution in [0.15, 0.2) is 30.3 Å². The second-order valence-electron chi connectivity index (χ2n) is 7.02. The molecule has 0 saturated carbocycles. The van der Waals surface area contributed by atoms with Crippen LogP contribution in [0.3, 0.4) is 0 Å². The van der Waals surface area contributed by atoms with E-state index in [1.165, 1.54) is 36.3 Å². The number of aryl methyl sites for hydroxylation is 2. The number of rotatable bonds is 5. The number of nitrogens with zero attached hydrogens (tertiary/aromatic N) is 3. The molecule has 2 aromatic rings. The first kappa shape index (κ1) is 16.7. The van der Waals surface area contributed by atoms with Crippen LogP contribution in [0.25, 0.3) is 0 Å². The van der Waals surface area contributed by atoms with E-state index in [1.807, 2.05) is 23.1 Å². The Morgan fingerprint density at radius 1 is 1.08 bits per heavy atom. The molecule has 0 spiro atoms. The first-order valence-corrected chi connectivity index (χ1v) is 10.2. The lowest BCUT2D eigenvalue weighted by Crippen LogP contribution is -2.39. The van der Waals surface area contributed by atoms with Gasteiger partial charge in [-0.1, -0.05) is 30.3 Å². The average Bonchev–Trinajstić information content (AvgIpc) is 3.29. The molecule has 132 valence electrons.